The number of imidazole rings is 1. The quantitative estimate of drug-likeness (QED) is 0.465. The zero-order chi connectivity index (χ0) is 20.2. The van der Waals surface area contributed by atoms with Gasteiger partial charge in [0.05, 0.1) is 6.33 Å². The Hall–Kier alpha value is -2.96. The van der Waals surface area contributed by atoms with Gasteiger partial charge in [-0.05, 0) is 41.8 Å². The number of hydrogen-bond donors (Lipinski definition) is 1. The number of nitrogens with zero attached hydrogens (tertiary/aromatic N) is 3. The summed E-state index contributed by atoms with van der Waals surface area (Å²) in [5.74, 6) is -0.168. The van der Waals surface area contributed by atoms with Gasteiger partial charge in [-0.2, -0.15) is 0 Å². The summed E-state index contributed by atoms with van der Waals surface area (Å²) in [5.41, 5.74) is 3.88. The number of carbonyl (C=O) groups is 1. The van der Waals surface area contributed by atoms with Crippen LogP contribution in [0.4, 0.5) is 5.13 Å². The van der Waals surface area contributed by atoms with Gasteiger partial charge in [0.15, 0.2) is 5.13 Å². The van der Waals surface area contributed by atoms with Crippen molar-refractivity contribution in [3.05, 3.63) is 99.5 Å². The molecule has 2 aromatic carbocycles. The lowest BCUT2D eigenvalue weighted by molar-refractivity contribution is 0.102. The van der Waals surface area contributed by atoms with Crippen molar-refractivity contribution in [2.75, 3.05) is 5.32 Å². The van der Waals surface area contributed by atoms with Gasteiger partial charge in [0.25, 0.3) is 5.91 Å². The third-order valence-corrected chi connectivity index (χ3v) is 5.85. The summed E-state index contributed by atoms with van der Waals surface area (Å²) >= 11 is 7.67. The van der Waals surface area contributed by atoms with E-state index in [1.54, 1.807) is 18.7 Å². The van der Waals surface area contributed by atoms with E-state index in [4.69, 9.17) is 11.6 Å². The average molecular weight is 423 g/mol. The van der Waals surface area contributed by atoms with Gasteiger partial charge in [0.1, 0.15) is 0 Å². The van der Waals surface area contributed by atoms with E-state index < -0.39 is 0 Å². The van der Waals surface area contributed by atoms with Crippen LogP contribution in [0.3, 0.4) is 0 Å². The molecule has 146 valence electrons. The Morgan fingerprint density at radius 1 is 1.17 bits per heavy atom. The van der Waals surface area contributed by atoms with Gasteiger partial charge >= 0.3 is 0 Å². The molecule has 0 fully saturated rings. The maximum atomic E-state index is 12.5. The monoisotopic (exact) mass is 422 g/mol. The van der Waals surface area contributed by atoms with E-state index in [9.17, 15) is 4.79 Å². The van der Waals surface area contributed by atoms with Crippen molar-refractivity contribution in [2.45, 2.75) is 19.9 Å². The molecule has 2 aromatic heterocycles. The molecule has 1 amide bonds. The van der Waals surface area contributed by atoms with Crippen LogP contribution < -0.4 is 5.32 Å². The van der Waals surface area contributed by atoms with Crippen molar-refractivity contribution in [1.29, 1.82) is 0 Å². The van der Waals surface area contributed by atoms with Crippen LogP contribution in [-0.4, -0.2) is 20.4 Å². The Bertz CT molecular complexity index is 1120. The number of carbonyl (C=O) groups excluding carboxylic acids is 1. The molecule has 4 aromatic rings. The van der Waals surface area contributed by atoms with Crippen molar-refractivity contribution in [3.8, 4) is 0 Å². The Labute approximate surface area is 178 Å². The van der Waals surface area contributed by atoms with Gasteiger partial charge in [-0.25, -0.2) is 9.97 Å². The molecule has 0 aliphatic carbocycles. The van der Waals surface area contributed by atoms with Crippen molar-refractivity contribution in [1.82, 2.24) is 14.5 Å². The molecule has 7 heteroatoms. The maximum absolute atomic E-state index is 12.5. The van der Waals surface area contributed by atoms with Crippen LogP contribution in [0.15, 0.2) is 67.4 Å². The van der Waals surface area contributed by atoms with Crippen LogP contribution in [0.2, 0.25) is 5.02 Å². The number of nitrogens with one attached hydrogen (secondary N) is 1. The highest BCUT2D eigenvalue weighted by Gasteiger charge is 2.10. The van der Waals surface area contributed by atoms with Crippen molar-refractivity contribution >= 4 is 34.0 Å². The molecule has 2 heterocycles. The Morgan fingerprint density at radius 3 is 2.69 bits per heavy atom. The number of hydrogen-bond acceptors (Lipinski definition) is 4. The molecule has 29 heavy (non-hydrogen) atoms. The van der Waals surface area contributed by atoms with E-state index in [0.29, 0.717) is 10.7 Å². The van der Waals surface area contributed by atoms with Gasteiger partial charge in [-0.3, -0.25) is 10.1 Å². The highest BCUT2D eigenvalue weighted by atomic mass is 35.5. The summed E-state index contributed by atoms with van der Waals surface area (Å²) in [6, 6.07) is 13.6. The van der Waals surface area contributed by atoms with Gasteiger partial charge in [-0.1, -0.05) is 35.9 Å². The standard InChI is InChI=1S/C22H19ClN4OS/c1-15-2-3-17(11-20(15)23)10-19-12-25-22(29-19)26-21(28)18-6-4-16(5-7-18)13-27-9-8-24-14-27/h2-9,11-12,14H,10,13H2,1H3,(H,25,26,28). The molecule has 0 atom stereocenters. The second-order valence-corrected chi connectivity index (χ2v) is 8.30. The summed E-state index contributed by atoms with van der Waals surface area (Å²) in [6.07, 6.45) is 7.95. The minimum atomic E-state index is -0.168. The molecule has 0 aliphatic rings. The van der Waals surface area contributed by atoms with E-state index in [2.05, 4.69) is 21.4 Å². The molecule has 5 nitrogen and oxygen atoms in total. The number of amides is 1. The highest BCUT2D eigenvalue weighted by Crippen LogP contribution is 2.24. The molecule has 4 rings (SSSR count). The van der Waals surface area contributed by atoms with Crippen LogP contribution in [0.1, 0.15) is 31.9 Å². The smallest absolute Gasteiger partial charge is 0.257 e. The summed E-state index contributed by atoms with van der Waals surface area (Å²) in [7, 11) is 0. The fraction of sp³-hybridized carbons (Fsp3) is 0.136. The molecule has 1 N–H and O–H groups in total. The maximum Gasteiger partial charge on any atom is 0.257 e. The van der Waals surface area contributed by atoms with E-state index in [1.807, 2.05) is 54.1 Å². The number of aryl methyl sites for hydroxylation is 1. The van der Waals surface area contributed by atoms with Crippen LogP contribution in [0, 0.1) is 6.92 Å². The predicted octanol–water partition coefficient (Wildman–Crippen LogP) is 5.19. The predicted molar refractivity (Wildman–Crippen MR) is 117 cm³/mol. The van der Waals surface area contributed by atoms with E-state index in [1.165, 1.54) is 11.3 Å². The van der Waals surface area contributed by atoms with Gasteiger partial charge in [-0.15, -0.1) is 11.3 Å². The SMILES string of the molecule is Cc1ccc(Cc2cnc(NC(=O)c3ccc(Cn4ccnc4)cc3)s2)cc1Cl. The first-order chi connectivity index (χ1) is 14.1. The number of thiazole rings is 1. The number of anilines is 1. The minimum absolute atomic E-state index is 0.168. The van der Waals surface area contributed by atoms with Crippen LogP contribution in [0.25, 0.3) is 0 Å². The molecular formula is C22H19ClN4OS. The Balaban J connectivity index is 1.37. The first-order valence-electron chi connectivity index (χ1n) is 9.12. The van der Waals surface area contributed by atoms with Crippen molar-refractivity contribution in [2.24, 2.45) is 0 Å². The minimum Gasteiger partial charge on any atom is -0.333 e. The highest BCUT2D eigenvalue weighted by molar-refractivity contribution is 7.15. The number of aromatic nitrogens is 3. The average Bonchev–Trinajstić information content (AvgIpc) is 3.37. The van der Waals surface area contributed by atoms with Crippen molar-refractivity contribution < 1.29 is 4.79 Å². The first-order valence-corrected chi connectivity index (χ1v) is 10.3. The molecule has 0 saturated heterocycles. The summed E-state index contributed by atoms with van der Waals surface area (Å²) < 4.78 is 1.98. The topological polar surface area (TPSA) is 59.8 Å². The normalized spacial score (nSPS) is 10.8. The van der Waals surface area contributed by atoms with Gasteiger partial charge in [0, 0.05) is 47.0 Å². The fourth-order valence-electron chi connectivity index (χ4n) is 2.92. The van der Waals surface area contributed by atoms with E-state index in [-0.39, 0.29) is 5.91 Å². The van der Waals surface area contributed by atoms with Gasteiger partial charge in [0.2, 0.25) is 0 Å². The summed E-state index contributed by atoms with van der Waals surface area (Å²) in [5, 5.41) is 4.23. The third kappa shape index (κ3) is 4.91. The molecular weight excluding hydrogens is 404 g/mol. The fourth-order valence-corrected chi connectivity index (χ4v) is 3.96. The zero-order valence-corrected chi connectivity index (χ0v) is 17.4. The lowest BCUT2D eigenvalue weighted by atomic mass is 10.1. The van der Waals surface area contributed by atoms with Gasteiger partial charge < -0.3 is 4.57 Å². The Morgan fingerprint density at radius 2 is 1.97 bits per heavy atom. The van der Waals surface area contributed by atoms with Crippen LogP contribution in [0.5, 0.6) is 0 Å². The second kappa shape index (κ2) is 8.59. The molecule has 0 radical (unpaired) electrons. The second-order valence-electron chi connectivity index (χ2n) is 6.78. The number of benzene rings is 2. The van der Waals surface area contributed by atoms with E-state index in [0.717, 1.165) is 39.6 Å². The summed E-state index contributed by atoms with van der Waals surface area (Å²) in [4.78, 5) is 21.9. The Kier molecular flexibility index (Phi) is 5.74. The first kappa shape index (κ1) is 19.4. The third-order valence-electron chi connectivity index (χ3n) is 4.53. The molecule has 0 unspecified atom stereocenters. The lowest BCUT2D eigenvalue weighted by Gasteiger charge is -2.05. The van der Waals surface area contributed by atoms with Crippen LogP contribution >= 0.6 is 22.9 Å². The van der Waals surface area contributed by atoms with E-state index >= 15 is 0 Å². The molecule has 0 saturated carbocycles. The lowest BCUT2D eigenvalue weighted by Crippen LogP contribution is -2.11. The number of rotatable bonds is 6. The van der Waals surface area contributed by atoms with Crippen molar-refractivity contribution in [3.63, 3.8) is 0 Å². The molecule has 0 spiro atoms. The molecule has 0 aliphatic heterocycles. The van der Waals surface area contributed by atoms with Crippen LogP contribution in [-0.2, 0) is 13.0 Å². The number of halogens is 1. The summed E-state index contributed by atoms with van der Waals surface area (Å²) in [6.45, 7) is 2.71. The molecule has 0 bridgehead atoms. The largest absolute Gasteiger partial charge is 0.333 e. The zero-order valence-electron chi connectivity index (χ0n) is 15.8.